The van der Waals surface area contributed by atoms with Gasteiger partial charge in [-0.1, -0.05) is 13.8 Å². The van der Waals surface area contributed by atoms with Crippen LogP contribution >= 0.6 is 0 Å². The summed E-state index contributed by atoms with van der Waals surface area (Å²) >= 11 is 0. The summed E-state index contributed by atoms with van der Waals surface area (Å²) in [4.78, 5) is 35.4. The lowest BCUT2D eigenvalue weighted by Gasteiger charge is -2.53. The Morgan fingerprint density at radius 2 is 1.95 bits per heavy atom. The third-order valence-electron chi connectivity index (χ3n) is 8.28. The van der Waals surface area contributed by atoms with Gasteiger partial charge < -0.3 is 19.9 Å². The number of nitrogens with one attached hydrogen (secondary N) is 1. The molecule has 4 rings (SSSR count). The van der Waals surface area contributed by atoms with E-state index in [4.69, 9.17) is 4.74 Å². The van der Waals surface area contributed by atoms with E-state index in [0.717, 1.165) is 45.4 Å². The second-order valence-electron chi connectivity index (χ2n) is 12.0. The predicted molar refractivity (Wildman–Crippen MR) is 156 cm³/mol. The van der Waals surface area contributed by atoms with E-state index in [1.54, 1.807) is 11.8 Å². The van der Waals surface area contributed by atoms with Gasteiger partial charge >= 0.3 is 0 Å². The highest BCUT2D eigenvalue weighted by Gasteiger charge is 2.50. The molecule has 0 radical (unpaired) electrons. The molecule has 2 amide bonds. The van der Waals surface area contributed by atoms with E-state index in [0.29, 0.717) is 30.9 Å². The summed E-state index contributed by atoms with van der Waals surface area (Å²) in [5.41, 5.74) is 0.311. The quantitative estimate of drug-likeness (QED) is 0.381. The van der Waals surface area contributed by atoms with E-state index < -0.39 is 5.82 Å². The van der Waals surface area contributed by atoms with Gasteiger partial charge in [0.2, 0.25) is 5.91 Å². The lowest BCUT2D eigenvalue weighted by molar-refractivity contribution is -0.119. The van der Waals surface area contributed by atoms with Gasteiger partial charge in [-0.25, -0.2) is 9.37 Å². The molecular weight excluding hydrogens is 525 g/mol. The first-order valence-electron chi connectivity index (χ1n) is 14.7. The molecule has 1 atom stereocenters. The zero-order valence-electron chi connectivity index (χ0n) is 25.2. The first-order chi connectivity index (χ1) is 19.5. The normalized spacial score (nSPS) is 17.1. The number of amides is 2. The fourth-order valence-electron chi connectivity index (χ4n) is 6.24. The summed E-state index contributed by atoms with van der Waals surface area (Å²) in [5, 5.41) is 11.1. The standard InChI is InChI=1S/C30H44FN7O3/c1-7-38(21(4)5)29(40)24-15-23(31)10-11-26(24)41-28-27(33-19-34-35-28)36-14-12-30(16-36)17-37(18-30)25(20(2)3)9-8-13-32-22(6)39/h10-11,15,19-21,25H,7-9,12-14,16-18H2,1-6H3,(H,32,39)/t25-/m0/s1. The molecule has 1 aromatic carbocycles. The maximum absolute atomic E-state index is 14.2. The van der Waals surface area contributed by atoms with Crippen molar-refractivity contribution < 1.29 is 18.7 Å². The summed E-state index contributed by atoms with van der Waals surface area (Å²) < 4.78 is 20.4. The van der Waals surface area contributed by atoms with Crippen molar-refractivity contribution >= 4 is 17.6 Å². The smallest absolute Gasteiger partial charge is 0.282 e. The number of hydrogen-bond acceptors (Lipinski definition) is 8. The summed E-state index contributed by atoms with van der Waals surface area (Å²) in [7, 11) is 0. The van der Waals surface area contributed by atoms with Crippen LogP contribution in [0.3, 0.4) is 0 Å². The SMILES string of the molecule is CCN(C(=O)c1cc(F)ccc1Oc1nncnc1N1CCC2(C1)CN([C@@H](CCCNC(C)=O)C(C)C)C2)C(C)C. The Labute approximate surface area is 242 Å². The minimum absolute atomic E-state index is 0.0170. The molecule has 2 aliphatic rings. The fraction of sp³-hybridized carbons (Fsp3) is 0.633. The maximum atomic E-state index is 14.2. The molecule has 3 heterocycles. The molecule has 11 heteroatoms. The van der Waals surface area contributed by atoms with Gasteiger partial charge in [-0.3, -0.25) is 14.5 Å². The molecule has 0 bridgehead atoms. The zero-order chi connectivity index (χ0) is 29.7. The molecule has 0 unspecified atom stereocenters. The Morgan fingerprint density at radius 1 is 1.20 bits per heavy atom. The summed E-state index contributed by atoms with van der Waals surface area (Å²) in [6.45, 7) is 16.7. The molecule has 0 saturated carbocycles. The Kier molecular flexibility index (Phi) is 9.78. The number of halogens is 1. The van der Waals surface area contributed by atoms with Crippen LogP contribution < -0.4 is 15.0 Å². The van der Waals surface area contributed by atoms with Gasteiger partial charge in [0, 0.05) is 63.7 Å². The molecule has 41 heavy (non-hydrogen) atoms. The van der Waals surface area contributed by atoms with Crippen molar-refractivity contribution in [2.75, 3.05) is 44.2 Å². The summed E-state index contributed by atoms with van der Waals surface area (Å²) in [6.07, 6.45) is 4.45. The minimum Gasteiger partial charge on any atom is -0.434 e. The van der Waals surface area contributed by atoms with Crippen molar-refractivity contribution in [2.24, 2.45) is 11.3 Å². The largest absolute Gasteiger partial charge is 0.434 e. The number of carbonyl (C=O) groups excluding carboxylic acids is 2. The second-order valence-corrected chi connectivity index (χ2v) is 12.0. The van der Waals surface area contributed by atoms with E-state index >= 15 is 0 Å². The Morgan fingerprint density at radius 3 is 2.61 bits per heavy atom. The van der Waals surface area contributed by atoms with Crippen LogP contribution in [0.2, 0.25) is 0 Å². The number of anilines is 1. The molecule has 224 valence electrons. The number of likely N-dealkylation sites (tertiary alicyclic amines) is 1. The zero-order valence-corrected chi connectivity index (χ0v) is 25.2. The van der Waals surface area contributed by atoms with E-state index in [-0.39, 0.29) is 40.5 Å². The lowest BCUT2D eigenvalue weighted by Crippen LogP contribution is -2.62. The van der Waals surface area contributed by atoms with Gasteiger partial charge in [0.05, 0.1) is 5.56 Å². The van der Waals surface area contributed by atoms with Crippen LogP contribution in [-0.4, -0.2) is 88.1 Å². The molecule has 10 nitrogen and oxygen atoms in total. The number of aromatic nitrogens is 3. The van der Waals surface area contributed by atoms with Crippen molar-refractivity contribution in [3.05, 3.63) is 35.9 Å². The number of carbonyl (C=O) groups is 2. The number of nitrogens with zero attached hydrogens (tertiary/aromatic N) is 6. The second kappa shape index (κ2) is 13.1. The monoisotopic (exact) mass is 569 g/mol. The molecule has 1 spiro atoms. The topological polar surface area (TPSA) is 104 Å². The van der Waals surface area contributed by atoms with Crippen molar-refractivity contribution in [3.63, 3.8) is 0 Å². The van der Waals surface area contributed by atoms with Crippen molar-refractivity contribution in [1.82, 2.24) is 30.3 Å². The van der Waals surface area contributed by atoms with Gasteiger partial charge in [0.25, 0.3) is 11.8 Å². The van der Waals surface area contributed by atoms with Gasteiger partial charge in [-0.2, -0.15) is 0 Å². The first kappa shape index (κ1) is 30.6. The van der Waals surface area contributed by atoms with E-state index in [1.807, 2.05) is 20.8 Å². The number of benzene rings is 1. The summed E-state index contributed by atoms with van der Waals surface area (Å²) in [6, 6.07) is 4.37. The third kappa shape index (κ3) is 7.12. The highest BCUT2D eigenvalue weighted by molar-refractivity contribution is 5.97. The van der Waals surface area contributed by atoms with Crippen molar-refractivity contribution in [2.45, 2.75) is 72.9 Å². The molecule has 1 N–H and O–H groups in total. The molecular formula is C30H44FN7O3. The third-order valence-corrected chi connectivity index (χ3v) is 8.28. The average molecular weight is 570 g/mol. The number of hydrogen-bond donors (Lipinski definition) is 1. The minimum atomic E-state index is -0.510. The maximum Gasteiger partial charge on any atom is 0.282 e. The van der Waals surface area contributed by atoms with Crippen LogP contribution in [0.25, 0.3) is 0 Å². The van der Waals surface area contributed by atoms with E-state index in [1.165, 1.54) is 24.5 Å². The van der Waals surface area contributed by atoms with Gasteiger partial charge in [-0.05, 0) is 64.2 Å². The molecule has 2 aliphatic heterocycles. The number of rotatable bonds is 12. The summed E-state index contributed by atoms with van der Waals surface area (Å²) in [5.74, 6) is 0.730. The highest BCUT2D eigenvalue weighted by atomic mass is 19.1. The molecule has 0 aliphatic carbocycles. The Bertz CT molecular complexity index is 1220. The molecule has 2 aromatic rings. The van der Waals surface area contributed by atoms with Gasteiger partial charge in [0.1, 0.15) is 17.9 Å². The Balaban J connectivity index is 1.45. The number of ether oxygens (including phenoxy) is 1. The first-order valence-corrected chi connectivity index (χ1v) is 14.7. The van der Waals surface area contributed by atoms with Gasteiger partial charge in [-0.15, -0.1) is 10.2 Å². The lowest BCUT2D eigenvalue weighted by atomic mass is 9.76. The fourth-order valence-corrected chi connectivity index (χ4v) is 6.24. The highest BCUT2D eigenvalue weighted by Crippen LogP contribution is 2.44. The molecule has 2 saturated heterocycles. The van der Waals surface area contributed by atoms with Crippen LogP contribution in [0.15, 0.2) is 24.5 Å². The van der Waals surface area contributed by atoms with Crippen molar-refractivity contribution in [1.29, 1.82) is 0 Å². The molecule has 1 aromatic heterocycles. The van der Waals surface area contributed by atoms with E-state index in [2.05, 4.69) is 44.1 Å². The molecule has 2 fully saturated rings. The van der Waals surface area contributed by atoms with Gasteiger partial charge in [0.15, 0.2) is 5.82 Å². The van der Waals surface area contributed by atoms with Crippen molar-refractivity contribution in [3.8, 4) is 11.6 Å². The van der Waals surface area contributed by atoms with Crippen LogP contribution in [0.4, 0.5) is 10.2 Å². The van der Waals surface area contributed by atoms with Crippen LogP contribution in [0.1, 0.15) is 71.2 Å². The van der Waals surface area contributed by atoms with Crippen LogP contribution in [-0.2, 0) is 4.79 Å². The van der Waals surface area contributed by atoms with E-state index in [9.17, 15) is 14.0 Å². The van der Waals surface area contributed by atoms with Crippen LogP contribution in [0, 0.1) is 17.2 Å². The predicted octanol–water partition coefficient (Wildman–Crippen LogP) is 4.13. The Hall–Kier alpha value is -3.34. The average Bonchev–Trinajstić information content (AvgIpc) is 3.35. The van der Waals surface area contributed by atoms with Crippen LogP contribution in [0.5, 0.6) is 11.6 Å².